The number of unbranched alkanes of at least 4 members (excludes halogenated alkanes) is 34. The second-order valence-electron chi connectivity index (χ2n) is 18.3. The summed E-state index contributed by atoms with van der Waals surface area (Å²) in [5.41, 5.74) is 0. The Hall–Kier alpha value is -1.59. The highest BCUT2D eigenvalue weighted by Crippen LogP contribution is 2.17. The van der Waals surface area contributed by atoms with Gasteiger partial charge in [0.15, 0.2) is 6.10 Å². The zero-order chi connectivity index (χ0) is 42.4. The average molecular weight is 821 g/mol. The van der Waals surface area contributed by atoms with Crippen LogP contribution in [0.5, 0.6) is 0 Å². The van der Waals surface area contributed by atoms with Gasteiger partial charge in [0.05, 0.1) is 0 Å². The Morgan fingerprint density at radius 2 is 0.569 bits per heavy atom. The number of rotatable bonds is 47. The Morgan fingerprint density at radius 3 is 0.845 bits per heavy atom. The van der Waals surface area contributed by atoms with E-state index in [1.807, 2.05) is 0 Å². The first-order valence-electron chi connectivity index (χ1n) is 25.9. The molecule has 0 heterocycles. The van der Waals surface area contributed by atoms with Crippen molar-refractivity contribution < 1.29 is 28.6 Å². The van der Waals surface area contributed by atoms with E-state index in [0.29, 0.717) is 19.3 Å². The van der Waals surface area contributed by atoms with E-state index < -0.39 is 6.10 Å². The second kappa shape index (κ2) is 46.5. The van der Waals surface area contributed by atoms with Gasteiger partial charge in [-0.1, -0.05) is 252 Å². The molecule has 0 saturated carbocycles. The summed E-state index contributed by atoms with van der Waals surface area (Å²) in [5, 5.41) is 0. The summed E-state index contributed by atoms with van der Waals surface area (Å²) in [5.74, 6) is -0.0106. The normalized spacial score (nSPS) is 11.9. The highest BCUT2D eigenvalue weighted by atomic mass is 16.6. The fourth-order valence-corrected chi connectivity index (χ4v) is 7.86. The number of hydrogen-bond donors (Lipinski definition) is 0. The van der Waals surface area contributed by atoms with Gasteiger partial charge in [0.2, 0.25) is 0 Å². The van der Waals surface area contributed by atoms with Crippen molar-refractivity contribution in [3.8, 4) is 0 Å². The van der Waals surface area contributed by atoms with Crippen molar-refractivity contribution in [3.05, 3.63) is 0 Å². The Kier molecular flexibility index (Phi) is 45.2. The lowest BCUT2D eigenvalue weighted by Crippen LogP contribution is -2.30. The summed E-state index contributed by atoms with van der Waals surface area (Å²) < 4.78 is 16.7. The molecule has 0 fully saturated rings. The fraction of sp³-hybridized carbons (Fsp3) is 0.942. The number of ether oxygens (including phenoxy) is 3. The average Bonchev–Trinajstić information content (AvgIpc) is 3.21. The predicted octanol–water partition coefficient (Wildman–Crippen LogP) is 16.7. The smallest absolute Gasteiger partial charge is 0.306 e. The molecule has 6 heteroatoms. The molecule has 6 nitrogen and oxygen atoms in total. The summed E-state index contributed by atoms with van der Waals surface area (Å²) in [6.45, 7) is 8.96. The third kappa shape index (κ3) is 45.5. The number of carbonyl (C=O) groups is 3. The largest absolute Gasteiger partial charge is 0.462 e. The van der Waals surface area contributed by atoms with Crippen molar-refractivity contribution in [2.75, 3.05) is 13.2 Å². The molecule has 0 amide bonds. The molecule has 0 radical (unpaired) electrons. The van der Waals surface area contributed by atoms with E-state index in [2.05, 4.69) is 27.7 Å². The Morgan fingerprint density at radius 1 is 0.328 bits per heavy atom. The van der Waals surface area contributed by atoms with E-state index in [1.54, 1.807) is 0 Å². The van der Waals surface area contributed by atoms with Gasteiger partial charge in [0.25, 0.3) is 0 Å². The van der Waals surface area contributed by atoms with Crippen molar-refractivity contribution in [2.45, 2.75) is 297 Å². The van der Waals surface area contributed by atoms with Crippen LogP contribution in [-0.2, 0) is 28.6 Å². The van der Waals surface area contributed by atoms with Gasteiger partial charge < -0.3 is 14.2 Å². The molecule has 1 atom stereocenters. The zero-order valence-electron chi connectivity index (χ0n) is 39.5. The molecular weight excluding hydrogens is 721 g/mol. The molecule has 0 aliphatic carbocycles. The van der Waals surface area contributed by atoms with E-state index in [0.717, 1.165) is 70.1 Å². The molecule has 0 rings (SSSR count). The molecule has 0 unspecified atom stereocenters. The van der Waals surface area contributed by atoms with E-state index in [-0.39, 0.29) is 31.1 Å². The van der Waals surface area contributed by atoms with Gasteiger partial charge in [0, 0.05) is 19.3 Å². The van der Waals surface area contributed by atoms with Crippen LogP contribution in [0.2, 0.25) is 0 Å². The Bertz CT molecular complexity index is 872. The fourth-order valence-electron chi connectivity index (χ4n) is 7.86. The van der Waals surface area contributed by atoms with Gasteiger partial charge in [-0.15, -0.1) is 0 Å². The highest BCUT2D eigenvalue weighted by molar-refractivity contribution is 5.71. The quantitative estimate of drug-likeness (QED) is 0.0346. The van der Waals surface area contributed by atoms with Crippen LogP contribution in [0.3, 0.4) is 0 Å². The number of esters is 3. The molecule has 0 bridgehead atoms. The van der Waals surface area contributed by atoms with E-state index in [1.165, 1.54) is 180 Å². The molecule has 0 N–H and O–H groups in total. The highest BCUT2D eigenvalue weighted by Gasteiger charge is 2.19. The lowest BCUT2D eigenvalue weighted by molar-refractivity contribution is -0.167. The summed E-state index contributed by atoms with van der Waals surface area (Å²) in [7, 11) is 0. The van der Waals surface area contributed by atoms with Crippen molar-refractivity contribution in [2.24, 2.45) is 5.92 Å². The van der Waals surface area contributed by atoms with Gasteiger partial charge in [-0.2, -0.15) is 0 Å². The van der Waals surface area contributed by atoms with Crippen molar-refractivity contribution in [1.29, 1.82) is 0 Å². The van der Waals surface area contributed by atoms with Crippen molar-refractivity contribution in [1.82, 2.24) is 0 Å². The molecule has 0 aliphatic heterocycles. The first-order chi connectivity index (χ1) is 28.4. The molecule has 0 saturated heterocycles. The minimum absolute atomic E-state index is 0.0643. The van der Waals surface area contributed by atoms with Crippen LogP contribution < -0.4 is 0 Å². The van der Waals surface area contributed by atoms with E-state index in [4.69, 9.17) is 14.2 Å². The summed E-state index contributed by atoms with van der Waals surface area (Å²) in [4.78, 5) is 37.6. The molecule has 0 spiro atoms. The van der Waals surface area contributed by atoms with Crippen LogP contribution in [0.4, 0.5) is 0 Å². The third-order valence-electron chi connectivity index (χ3n) is 11.8. The first-order valence-corrected chi connectivity index (χ1v) is 25.9. The summed E-state index contributed by atoms with van der Waals surface area (Å²) in [6, 6.07) is 0. The standard InChI is InChI=1S/C52H100O6/c1-5-7-9-11-12-13-14-15-16-17-20-23-26-29-32-36-39-43-50(53)56-46-49(58-52(55)45-41-34-10-8-6-2)47-57-51(54)44-40-37-33-30-27-24-21-18-19-22-25-28-31-35-38-42-48(3)4/h48-49H,5-47H2,1-4H3/t49-/m0/s1. The Labute approximate surface area is 361 Å². The maximum atomic E-state index is 12.6. The van der Waals surface area contributed by atoms with Crippen LogP contribution in [0, 0.1) is 5.92 Å². The van der Waals surface area contributed by atoms with Gasteiger partial charge >= 0.3 is 17.9 Å². The van der Waals surface area contributed by atoms with Gasteiger partial charge in [-0.25, -0.2) is 0 Å². The van der Waals surface area contributed by atoms with Crippen LogP contribution in [0.15, 0.2) is 0 Å². The number of hydrogen-bond acceptors (Lipinski definition) is 6. The van der Waals surface area contributed by atoms with Crippen LogP contribution in [0.25, 0.3) is 0 Å². The van der Waals surface area contributed by atoms with E-state index in [9.17, 15) is 14.4 Å². The SMILES string of the molecule is CCCCCCCCCCCCCCCCCCCC(=O)OC[C@@H](COC(=O)CCCCCCCCCCCCCCCCCC(C)C)OC(=O)CCCCCCC. The molecular formula is C52H100O6. The third-order valence-corrected chi connectivity index (χ3v) is 11.8. The van der Waals surface area contributed by atoms with Gasteiger partial charge in [0.1, 0.15) is 13.2 Å². The maximum Gasteiger partial charge on any atom is 0.306 e. The second-order valence-corrected chi connectivity index (χ2v) is 18.3. The van der Waals surface area contributed by atoms with Crippen LogP contribution in [-0.4, -0.2) is 37.2 Å². The maximum absolute atomic E-state index is 12.6. The topological polar surface area (TPSA) is 78.9 Å². The summed E-state index contributed by atoms with van der Waals surface area (Å²) >= 11 is 0. The molecule has 0 aromatic rings. The van der Waals surface area contributed by atoms with Gasteiger partial charge in [-0.05, 0) is 25.2 Å². The molecule has 344 valence electrons. The lowest BCUT2D eigenvalue weighted by Gasteiger charge is -2.18. The minimum Gasteiger partial charge on any atom is -0.462 e. The predicted molar refractivity (Wildman–Crippen MR) is 247 cm³/mol. The molecule has 0 aromatic heterocycles. The Balaban J connectivity index is 4.05. The van der Waals surface area contributed by atoms with Crippen LogP contribution in [0.1, 0.15) is 291 Å². The number of carbonyl (C=O) groups excluding carboxylic acids is 3. The van der Waals surface area contributed by atoms with Crippen LogP contribution >= 0.6 is 0 Å². The first kappa shape index (κ1) is 56.4. The van der Waals surface area contributed by atoms with E-state index >= 15 is 0 Å². The van der Waals surface area contributed by atoms with Gasteiger partial charge in [-0.3, -0.25) is 14.4 Å². The monoisotopic (exact) mass is 821 g/mol. The summed E-state index contributed by atoms with van der Waals surface area (Å²) in [6.07, 6.45) is 48.4. The lowest BCUT2D eigenvalue weighted by atomic mass is 10.0. The molecule has 58 heavy (non-hydrogen) atoms. The van der Waals surface area contributed by atoms with Crippen molar-refractivity contribution in [3.63, 3.8) is 0 Å². The zero-order valence-corrected chi connectivity index (χ0v) is 39.5. The van der Waals surface area contributed by atoms with Crippen molar-refractivity contribution >= 4 is 17.9 Å². The molecule has 0 aromatic carbocycles. The molecule has 0 aliphatic rings. The minimum atomic E-state index is -0.758.